The van der Waals surface area contributed by atoms with Gasteiger partial charge in [-0.15, -0.1) is 0 Å². The molecule has 112 valence electrons. The van der Waals surface area contributed by atoms with E-state index in [1.54, 1.807) is 18.2 Å². The monoisotopic (exact) mass is 373 g/mol. The lowest BCUT2D eigenvalue weighted by Crippen LogP contribution is -2.13. The Morgan fingerprint density at radius 3 is 2.48 bits per heavy atom. The largest absolute Gasteiger partial charge is 0.494 e. The molecule has 0 aliphatic rings. The van der Waals surface area contributed by atoms with Gasteiger partial charge in [0.15, 0.2) is 11.6 Å². The van der Waals surface area contributed by atoms with Crippen LogP contribution in [-0.4, -0.2) is 15.5 Å². The highest BCUT2D eigenvalue weighted by Gasteiger charge is 2.17. The van der Waals surface area contributed by atoms with Crippen LogP contribution in [0, 0.1) is 12.7 Å². The molecule has 7 heteroatoms. The quantitative estimate of drug-likeness (QED) is 0.888. The van der Waals surface area contributed by atoms with Gasteiger partial charge in [0, 0.05) is 10.2 Å². The molecule has 0 aliphatic heterocycles. The zero-order valence-electron chi connectivity index (χ0n) is 11.4. The lowest BCUT2D eigenvalue weighted by Gasteiger charge is -2.10. The molecular weight excluding hydrogens is 361 g/mol. The molecule has 4 nitrogen and oxygen atoms in total. The second kappa shape index (κ2) is 6.03. The summed E-state index contributed by atoms with van der Waals surface area (Å²) in [4.78, 5) is -0.169. The summed E-state index contributed by atoms with van der Waals surface area (Å²) < 4.78 is 46.0. The van der Waals surface area contributed by atoms with Gasteiger partial charge in [0.05, 0.1) is 12.0 Å². The zero-order chi connectivity index (χ0) is 15.6. The Morgan fingerprint density at radius 2 is 1.90 bits per heavy atom. The molecule has 0 spiro atoms. The van der Waals surface area contributed by atoms with Crippen LogP contribution < -0.4 is 9.46 Å². The summed E-state index contributed by atoms with van der Waals surface area (Å²) in [6, 6.07) is 8.54. The molecule has 0 bridgehead atoms. The Balaban J connectivity index is 2.33. The van der Waals surface area contributed by atoms with E-state index in [0.29, 0.717) is 5.69 Å². The molecule has 0 aromatic heterocycles. The molecule has 2 aromatic rings. The number of ether oxygens (including phenoxy) is 1. The van der Waals surface area contributed by atoms with Crippen LogP contribution in [0.1, 0.15) is 5.56 Å². The first-order valence-electron chi connectivity index (χ1n) is 5.96. The highest BCUT2D eigenvalue weighted by molar-refractivity contribution is 9.10. The van der Waals surface area contributed by atoms with Crippen molar-refractivity contribution in [3.63, 3.8) is 0 Å². The number of methoxy groups -OCH3 is 1. The fraction of sp³-hybridized carbons (Fsp3) is 0.143. The summed E-state index contributed by atoms with van der Waals surface area (Å²) >= 11 is 3.33. The minimum absolute atomic E-state index is 0.00738. The van der Waals surface area contributed by atoms with Crippen LogP contribution in [0.5, 0.6) is 5.75 Å². The van der Waals surface area contributed by atoms with Gasteiger partial charge < -0.3 is 4.74 Å². The summed E-state index contributed by atoms with van der Waals surface area (Å²) in [6.07, 6.45) is 0. The van der Waals surface area contributed by atoms with Crippen molar-refractivity contribution in [2.75, 3.05) is 11.8 Å². The fourth-order valence-electron chi connectivity index (χ4n) is 1.68. The van der Waals surface area contributed by atoms with E-state index < -0.39 is 15.8 Å². The van der Waals surface area contributed by atoms with Gasteiger partial charge in [0.25, 0.3) is 10.0 Å². The highest BCUT2D eigenvalue weighted by atomic mass is 79.9. The number of anilines is 1. The van der Waals surface area contributed by atoms with Crippen LogP contribution >= 0.6 is 15.9 Å². The van der Waals surface area contributed by atoms with Crippen molar-refractivity contribution in [2.45, 2.75) is 11.8 Å². The molecular formula is C14H13BrFNO3S. The average Bonchev–Trinajstić information content (AvgIpc) is 2.42. The molecule has 1 N–H and O–H groups in total. The molecule has 2 rings (SSSR count). The lowest BCUT2D eigenvalue weighted by atomic mass is 10.2. The molecule has 0 saturated heterocycles. The third kappa shape index (κ3) is 3.54. The molecule has 0 amide bonds. The van der Waals surface area contributed by atoms with Gasteiger partial charge in [0.2, 0.25) is 0 Å². The number of sulfonamides is 1. The summed E-state index contributed by atoms with van der Waals surface area (Å²) in [6.45, 7) is 1.89. The summed E-state index contributed by atoms with van der Waals surface area (Å²) in [7, 11) is -2.54. The van der Waals surface area contributed by atoms with Gasteiger partial charge in [-0.05, 0) is 42.8 Å². The fourth-order valence-corrected chi connectivity index (χ4v) is 3.12. The maximum Gasteiger partial charge on any atom is 0.262 e. The Hall–Kier alpha value is -1.60. The Kier molecular flexibility index (Phi) is 4.53. The van der Waals surface area contributed by atoms with Crippen molar-refractivity contribution >= 4 is 31.6 Å². The second-order valence-electron chi connectivity index (χ2n) is 4.37. The van der Waals surface area contributed by atoms with Crippen molar-refractivity contribution in [3.8, 4) is 5.75 Å². The number of benzene rings is 2. The van der Waals surface area contributed by atoms with Crippen molar-refractivity contribution in [2.24, 2.45) is 0 Å². The standard InChI is InChI=1S/C14H13BrFNO3S/c1-9-3-4-10(7-12(9)15)17-21(18,19)11-5-6-14(20-2)13(16)8-11/h3-8,17H,1-2H3. The van der Waals surface area contributed by atoms with Gasteiger partial charge in [-0.1, -0.05) is 22.0 Å². The third-order valence-corrected chi connectivity index (χ3v) is 5.09. The zero-order valence-corrected chi connectivity index (χ0v) is 13.8. The lowest BCUT2D eigenvalue weighted by molar-refractivity contribution is 0.385. The molecule has 0 saturated carbocycles. The number of aryl methyl sites for hydroxylation is 1. The van der Waals surface area contributed by atoms with E-state index >= 15 is 0 Å². The summed E-state index contributed by atoms with van der Waals surface area (Å²) in [5.74, 6) is -0.738. The highest BCUT2D eigenvalue weighted by Crippen LogP contribution is 2.25. The molecule has 21 heavy (non-hydrogen) atoms. The molecule has 2 aromatic carbocycles. The van der Waals surface area contributed by atoms with Gasteiger partial charge in [-0.25, -0.2) is 12.8 Å². The number of rotatable bonds is 4. The summed E-state index contributed by atoms with van der Waals surface area (Å²) in [5.41, 5.74) is 1.37. The van der Waals surface area contributed by atoms with Crippen LogP contribution in [0.4, 0.5) is 10.1 Å². The second-order valence-corrected chi connectivity index (χ2v) is 6.90. The van der Waals surface area contributed by atoms with Gasteiger partial charge in [-0.3, -0.25) is 4.72 Å². The smallest absolute Gasteiger partial charge is 0.262 e. The first kappa shape index (κ1) is 15.8. The van der Waals surface area contributed by atoms with E-state index in [2.05, 4.69) is 20.7 Å². The van der Waals surface area contributed by atoms with Crippen LogP contribution in [-0.2, 0) is 10.0 Å². The Morgan fingerprint density at radius 1 is 1.19 bits per heavy atom. The maximum atomic E-state index is 13.6. The molecule has 0 atom stereocenters. The van der Waals surface area contributed by atoms with Gasteiger partial charge in [-0.2, -0.15) is 0 Å². The topological polar surface area (TPSA) is 55.4 Å². The third-order valence-electron chi connectivity index (χ3n) is 2.86. The number of hydrogen-bond donors (Lipinski definition) is 1. The Bertz CT molecular complexity index is 778. The Labute approximate surface area is 131 Å². The van der Waals surface area contributed by atoms with E-state index in [-0.39, 0.29) is 10.6 Å². The molecule has 0 aliphatic carbocycles. The maximum absolute atomic E-state index is 13.6. The van der Waals surface area contributed by atoms with E-state index in [4.69, 9.17) is 4.74 Å². The predicted octanol–water partition coefficient (Wildman–Crippen LogP) is 3.71. The van der Waals surface area contributed by atoms with Gasteiger partial charge >= 0.3 is 0 Å². The van der Waals surface area contributed by atoms with Crippen molar-refractivity contribution in [1.29, 1.82) is 0 Å². The van der Waals surface area contributed by atoms with E-state index in [1.165, 1.54) is 19.2 Å². The van der Waals surface area contributed by atoms with E-state index in [9.17, 15) is 12.8 Å². The molecule has 0 unspecified atom stereocenters. The molecule has 0 radical (unpaired) electrons. The first-order chi connectivity index (χ1) is 9.83. The van der Waals surface area contributed by atoms with Crippen LogP contribution in [0.2, 0.25) is 0 Å². The SMILES string of the molecule is COc1ccc(S(=O)(=O)Nc2ccc(C)c(Br)c2)cc1F. The predicted molar refractivity (Wildman–Crippen MR) is 82.6 cm³/mol. The van der Waals surface area contributed by atoms with Gasteiger partial charge in [0.1, 0.15) is 0 Å². The van der Waals surface area contributed by atoms with Crippen molar-refractivity contribution < 1.29 is 17.5 Å². The van der Waals surface area contributed by atoms with Crippen LogP contribution in [0.3, 0.4) is 0 Å². The van der Waals surface area contributed by atoms with Crippen LogP contribution in [0.25, 0.3) is 0 Å². The van der Waals surface area contributed by atoms with Crippen LogP contribution in [0.15, 0.2) is 45.8 Å². The normalized spacial score (nSPS) is 11.2. The molecule has 0 heterocycles. The number of hydrogen-bond acceptors (Lipinski definition) is 3. The minimum Gasteiger partial charge on any atom is -0.494 e. The van der Waals surface area contributed by atoms with E-state index in [0.717, 1.165) is 16.1 Å². The average molecular weight is 374 g/mol. The first-order valence-corrected chi connectivity index (χ1v) is 8.23. The minimum atomic E-state index is -3.86. The summed E-state index contributed by atoms with van der Waals surface area (Å²) in [5, 5.41) is 0. The van der Waals surface area contributed by atoms with Crippen molar-refractivity contribution in [1.82, 2.24) is 0 Å². The number of halogens is 2. The van der Waals surface area contributed by atoms with Crippen molar-refractivity contribution in [3.05, 3.63) is 52.3 Å². The molecule has 0 fully saturated rings. The van der Waals surface area contributed by atoms with E-state index in [1.807, 2.05) is 6.92 Å². The number of nitrogens with one attached hydrogen (secondary N) is 1.